The molecule has 0 unspecified atom stereocenters. The van der Waals surface area contributed by atoms with Crippen LogP contribution in [0.1, 0.15) is 49.7 Å². The molecular formula is C18H20O3. The van der Waals surface area contributed by atoms with Gasteiger partial charge in [0.25, 0.3) is 0 Å². The van der Waals surface area contributed by atoms with Crippen molar-refractivity contribution in [3.05, 3.63) is 41.0 Å². The second kappa shape index (κ2) is 5.84. The van der Waals surface area contributed by atoms with Crippen LogP contribution < -0.4 is 0 Å². The molecule has 1 aromatic rings. The third kappa shape index (κ3) is 2.78. The van der Waals surface area contributed by atoms with Gasteiger partial charge in [-0.25, -0.2) is 0 Å². The highest BCUT2D eigenvalue weighted by Crippen LogP contribution is 2.32. The van der Waals surface area contributed by atoms with Crippen LogP contribution in [0, 0.1) is 5.92 Å². The van der Waals surface area contributed by atoms with E-state index in [1.165, 1.54) is 19.3 Å². The summed E-state index contributed by atoms with van der Waals surface area (Å²) in [5, 5.41) is 10.3. The summed E-state index contributed by atoms with van der Waals surface area (Å²) in [5.41, 5.74) is 1.46. The average molecular weight is 284 g/mol. The van der Waals surface area contributed by atoms with Crippen molar-refractivity contribution in [2.45, 2.75) is 44.9 Å². The van der Waals surface area contributed by atoms with E-state index >= 15 is 0 Å². The molecule has 3 heteroatoms. The monoisotopic (exact) mass is 284 g/mol. The van der Waals surface area contributed by atoms with Crippen LogP contribution in [0.2, 0.25) is 0 Å². The van der Waals surface area contributed by atoms with Gasteiger partial charge in [-0.3, -0.25) is 9.59 Å². The van der Waals surface area contributed by atoms with Crippen LogP contribution in [-0.4, -0.2) is 16.7 Å². The molecule has 0 radical (unpaired) electrons. The summed E-state index contributed by atoms with van der Waals surface area (Å²) in [4.78, 5) is 24.7. The van der Waals surface area contributed by atoms with Gasteiger partial charge in [0.05, 0.1) is 0 Å². The van der Waals surface area contributed by atoms with Crippen LogP contribution in [0.15, 0.2) is 29.8 Å². The van der Waals surface area contributed by atoms with E-state index in [9.17, 15) is 14.7 Å². The molecule has 1 aromatic carbocycles. The largest absolute Gasteiger partial charge is 0.506 e. The normalized spacial score (nSPS) is 19.5. The van der Waals surface area contributed by atoms with E-state index in [-0.39, 0.29) is 29.3 Å². The van der Waals surface area contributed by atoms with Crippen LogP contribution in [0.5, 0.6) is 0 Å². The van der Waals surface area contributed by atoms with E-state index in [4.69, 9.17) is 0 Å². The standard InChI is InChI=1S/C18H20O3/c19-15(10-12-6-2-1-3-7-12)17-16(20)11-13-8-4-5-9-14(13)18(17)21/h4-5,8-9,12,21H,1-3,6-7,10-11H2. The Balaban J connectivity index is 1.86. The molecule has 0 spiro atoms. The van der Waals surface area contributed by atoms with E-state index in [2.05, 4.69) is 0 Å². The van der Waals surface area contributed by atoms with E-state index < -0.39 is 0 Å². The van der Waals surface area contributed by atoms with Crippen molar-refractivity contribution in [2.24, 2.45) is 5.92 Å². The van der Waals surface area contributed by atoms with Crippen molar-refractivity contribution in [3.63, 3.8) is 0 Å². The molecule has 0 aliphatic heterocycles. The zero-order chi connectivity index (χ0) is 14.8. The van der Waals surface area contributed by atoms with Gasteiger partial charge in [-0.2, -0.15) is 0 Å². The first-order valence-corrected chi connectivity index (χ1v) is 7.74. The molecule has 0 saturated heterocycles. The van der Waals surface area contributed by atoms with Crippen LogP contribution in [-0.2, 0) is 16.0 Å². The number of carbonyl (C=O) groups is 2. The molecule has 110 valence electrons. The number of rotatable bonds is 3. The Kier molecular flexibility index (Phi) is 3.91. The van der Waals surface area contributed by atoms with Crippen molar-refractivity contribution in [1.82, 2.24) is 0 Å². The molecule has 2 aliphatic rings. The molecule has 1 N–H and O–H groups in total. The van der Waals surface area contributed by atoms with Gasteiger partial charge in [0, 0.05) is 18.4 Å². The smallest absolute Gasteiger partial charge is 0.174 e. The van der Waals surface area contributed by atoms with Gasteiger partial charge in [-0.05, 0) is 11.5 Å². The molecule has 3 nitrogen and oxygen atoms in total. The topological polar surface area (TPSA) is 54.4 Å². The third-order valence-corrected chi connectivity index (χ3v) is 4.62. The van der Waals surface area contributed by atoms with Gasteiger partial charge in [0.1, 0.15) is 11.3 Å². The number of allylic oxidation sites excluding steroid dienone is 1. The number of hydrogen-bond donors (Lipinski definition) is 1. The predicted molar refractivity (Wildman–Crippen MR) is 80.9 cm³/mol. The number of aliphatic hydroxyl groups is 1. The number of Topliss-reactive ketones (excluding diaryl/α,β-unsaturated/α-hetero) is 2. The van der Waals surface area contributed by atoms with Crippen molar-refractivity contribution in [1.29, 1.82) is 0 Å². The highest BCUT2D eigenvalue weighted by molar-refractivity contribution is 6.26. The minimum atomic E-state index is -0.244. The first-order chi connectivity index (χ1) is 10.2. The summed E-state index contributed by atoms with van der Waals surface area (Å²) in [7, 11) is 0. The van der Waals surface area contributed by atoms with Crippen molar-refractivity contribution < 1.29 is 14.7 Å². The number of benzene rings is 1. The number of carbonyl (C=O) groups excluding carboxylic acids is 2. The summed E-state index contributed by atoms with van der Waals surface area (Å²) >= 11 is 0. The molecule has 2 aliphatic carbocycles. The highest BCUT2D eigenvalue weighted by Gasteiger charge is 2.31. The lowest BCUT2D eigenvalue weighted by molar-refractivity contribution is -0.121. The lowest BCUT2D eigenvalue weighted by Gasteiger charge is -2.23. The Morgan fingerprint density at radius 2 is 1.86 bits per heavy atom. The third-order valence-electron chi connectivity index (χ3n) is 4.62. The molecule has 3 rings (SSSR count). The number of aliphatic hydroxyl groups excluding tert-OH is 1. The zero-order valence-electron chi connectivity index (χ0n) is 12.1. The Morgan fingerprint density at radius 3 is 2.62 bits per heavy atom. The lowest BCUT2D eigenvalue weighted by atomic mass is 9.81. The van der Waals surface area contributed by atoms with E-state index in [1.807, 2.05) is 18.2 Å². The molecule has 1 fully saturated rings. The van der Waals surface area contributed by atoms with Gasteiger partial charge >= 0.3 is 0 Å². The Labute approximate surface area is 124 Å². The second-order valence-corrected chi connectivity index (χ2v) is 6.11. The van der Waals surface area contributed by atoms with E-state index in [0.29, 0.717) is 17.9 Å². The summed E-state index contributed by atoms with van der Waals surface area (Å²) in [5.74, 6) is -0.176. The number of fused-ring (bicyclic) bond motifs is 1. The Bertz CT molecular complexity index is 607. The minimum Gasteiger partial charge on any atom is -0.506 e. The van der Waals surface area contributed by atoms with Crippen LogP contribution in [0.25, 0.3) is 5.76 Å². The predicted octanol–water partition coefficient (Wildman–Crippen LogP) is 3.62. The fourth-order valence-corrected chi connectivity index (χ4v) is 3.48. The summed E-state index contributed by atoms with van der Waals surface area (Å²) in [6.45, 7) is 0. The number of hydrogen-bond acceptors (Lipinski definition) is 3. The van der Waals surface area contributed by atoms with Crippen molar-refractivity contribution in [3.8, 4) is 0 Å². The fraction of sp³-hybridized carbons (Fsp3) is 0.444. The summed E-state index contributed by atoms with van der Waals surface area (Å²) < 4.78 is 0. The van der Waals surface area contributed by atoms with Gasteiger partial charge in [-0.15, -0.1) is 0 Å². The quantitative estimate of drug-likeness (QED) is 0.862. The number of ketones is 2. The summed E-state index contributed by atoms with van der Waals surface area (Å²) in [6, 6.07) is 7.25. The van der Waals surface area contributed by atoms with E-state index in [0.717, 1.165) is 18.4 Å². The molecule has 0 bridgehead atoms. The first-order valence-electron chi connectivity index (χ1n) is 7.74. The minimum absolute atomic E-state index is 0.0271. The molecule has 1 saturated carbocycles. The highest BCUT2D eigenvalue weighted by atomic mass is 16.3. The molecule has 0 atom stereocenters. The first kappa shape index (κ1) is 14.1. The Hall–Kier alpha value is -1.90. The molecule has 21 heavy (non-hydrogen) atoms. The van der Waals surface area contributed by atoms with Crippen LogP contribution in [0.4, 0.5) is 0 Å². The lowest BCUT2D eigenvalue weighted by Crippen LogP contribution is -2.24. The maximum absolute atomic E-state index is 12.5. The van der Waals surface area contributed by atoms with Crippen LogP contribution >= 0.6 is 0 Å². The molecular weight excluding hydrogens is 264 g/mol. The van der Waals surface area contributed by atoms with Gasteiger partial charge in [-0.1, -0.05) is 56.4 Å². The van der Waals surface area contributed by atoms with Crippen molar-refractivity contribution >= 4 is 17.3 Å². The van der Waals surface area contributed by atoms with E-state index in [1.54, 1.807) is 6.07 Å². The average Bonchev–Trinajstić information content (AvgIpc) is 2.48. The summed E-state index contributed by atoms with van der Waals surface area (Å²) in [6.07, 6.45) is 6.30. The van der Waals surface area contributed by atoms with Crippen molar-refractivity contribution in [2.75, 3.05) is 0 Å². The van der Waals surface area contributed by atoms with Gasteiger partial charge in [0.2, 0.25) is 0 Å². The fourth-order valence-electron chi connectivity index (χ4n) is 3.48. The maximum atomic E-state index is 12.5. The van der Waals surface area contributed by atoms with Crippen LogP contribution in [0.3, 0.4) is 0 Å². The second-order valence-electron chi connectivity index (χ2n) is 6.11. The Morgan fingerprint density at radius 1 is 1.14 bits per heavy atom. The van der Waals surface area contributed by atoms with Gasteiger partial charge < -0.3 is 5.11 Å². The van der Waals surface area contributed by atoms with Gasteiger partial charge in [0.15, 0.2) is 11.6 Å². The SMILES string of the molecule is O=C1Cc2ccccc2C(O)=C1C(=O)CC1CCCCC1. The molecule has 0 amide bonds. The molecule has 0 aromatic heterocycles. The maximum Gasteiger partial charge on any atom is 0.174 e. The zero-order valence-corrected chi connectivity index (χ0v) is 12.1. The molecule has 0 heterocycles.